The van der Waals surface area contributed by atoms with Crippen LogP contribution in [0.15, 0.2) is 91.8 Å². The van der Waals surface area contributed by atoms with Gasteiger partial charge in [-0.1, -0.05) is 30.3 Å². The topological polar surface area (TPSA) is 97.6 Å². The first-order valence-corrected chi connectivity index (χ1v) is 10.5. The van der Waals surface area contributed by atoms with Gasteiger partial charge in [-0.25, -0.2) is 9.97 Å². The minimum absolute atomic E-state index is 0.0743. The average molecular weight is 435 g/mol. The first-order valence-electron chi connectivity index (χ1n) is 10.5. The highest BCUT2D eigenvalue weighted by Crippen LogP contribution is 2.23. The predicted octanol–water partition coefficient (Wildman–Crippen LogP) is 4.64. The molecule has 3 aromatic heterocycles. The number of hydrogen-bond donors (Lipinski definition) is 2. The number of carbonyl (C=O) groups is 1. The van der Waals surface area contributed by atoms with Gasteiger partial charge in [0.1, 0.15) is 12.1 Å². The van der Waals surface area contributed by atoms with Gasteiger partial charge in [0.05, 0.1) is 23.4 Å². The Balaban J connectivity index is 1.41. The number of anilines is 2. The summed E-state index contributed by atoms with van der Waals surface area (Å²) in [6.45, 7) is 2.08. The molecule has 2 N–H and O–H groups in total. The molecule has 0 fully saturated rings. The van der Waals surface area contributed by atoms with E-state index in [9.17, 15) is 4.79 Å². The van der Waals surface area contributed by atoms with Gasteiger partial charge in [-0.3, -0.25) is 19.3 Å². The lowest BCUT2D eigenvalue weighted by Gasteiger charge is -2.15. The minimum atomic E-state index is -0.205. The Labute approximate surface area is 190 Å². The van der Waals surface area contributed by atoms with Crippen LogP contribution < -0.4 is 10.6 Å². The second-order valence-corrected chi connectivity index (χ2v) is 7.55. The molecular formula is C25H21N7O. The van der Waals surface area contributed by atoms with Gasteiger partial charge in [-0.05, 0) is 42.8 Å². The summed E-state index contributed by atoms with van der Waals surface area (Å²) in [6, 6.07) is 19.1. The fourth-order valence-electron chi connectivity index (χ4n) is 3.56. The maximum Gasteiger partial charge on any atom is 0.255 e. The summed E-state index contributed by atoms with van der Waals surface area (Å²) in [5.74, 6) is 1.08. The summed E-state index contributed by atoms with van der Waals surface area (Å²) >= 11 is 0. The Kier molecular flexibility index (Phi) is 5.47. The Hall–Kier alpha value is -4.59. The lowest BCUT2D eigenvalue weighted by Crippen LogP contribution is -2.12. The van der Waals surface area contributed by atoms with Gasteiger partial charge in [0.15, 0.2) is 5.82 Å². The van der Waals surface area contributed by atoms with E-state index in [1.807, 2.05) is 41.0 Å². The van der Waals surface area contributed by atoms with Crippen molar-refractivity contribution in [3.63, 3.8) is 0 Å². The van der Waals surface area contributed by atoms with E-state index < -0.39 is 0 Å². The van der Waals surface area contributed by atoms with Crippen LogP contribution in [-0.4, -0.2) is 30.4 Å². The maximum atomic E-state index is 12.5. The molecule has 0 spiro atoms. The number of carbonyl (C=O) groups excluding carboxylic acids is 1. The third-order valence-electron chi connectivity index (χ3n) is 5.28. The van der Waals surface area contributed by atoms with Gasteiger partial charge in [0, 0.05) is 29.7 Å². The first kappa shape index (κ1) is 20.3. The molecule has 0 unspecified atom stereocenters. The number of benzene rings is 2. The molecule has 0 bridgehead atoms. The van der Waals surface area contributed by atoms with E-state index in [-0.39, 0.29) is 11.9 Å². The van der Waals surface area contributed by atoms with Crippen molar-refractivity contribution in [1.82, 2.24) is 24.5 Å². The van der Waals surface area contributed by atoms with E-state index in [0.717, 1.165) is 16.6 Å². The number of rotatable bonds is 6. The molecule has 8 heteroatoms. The second kappa shape index (κ2) is 8.88. The Morgan fingerprint density at radius 1 is 0.970 bits per heavy atom. The van der Waals surface area contributed by atoms with Crippen molar-refractivity contribution in [2.24, 2.45) is 0 Å². The lowest BCUT2D eigenvalue weighted by molar-refractivity contribution is 0.102. The summed E-state index contributed by atoms with van der Waals surface area (Å²) in [6.07, 6.45) is 8.26. The zero-order valence-corrected chi connectivity index (χ0v) is 17.9. The number of fused-ring (bicyclic) bond motifs is 1. The Bertz CT molecular complexity index is 1400. The van der Waals surface area contributed by atoms with E-state index in [0.29, 0.717) is 22.9 Å². The molecule has 5 aromatic rings. The van der Waals surface area contributed by atoms with Crippen LogP contribution in [0.25, 0.3) is 16.9 Å². The molecule has 33 heavy (non-hydrogen) atoms. The van der Waals surface area contributed by atoms with Crippen molar-refractivity contribution < 1.29 is 4.79 Å². The molecule has 0 aliphatic heterocycles. The van der Waals surface area contributed by atoms with Crippen molar-refractivity contribution in [3.05, 3.63) is 103 Å². The largest absolute Gasteiger partial charge is 0.362 e. The minimum Gasteiger partial charge on any atom is -0.362 e. The summed E-state index contributed by atoms with van der Waals surface area (Å²) < 4.78 is 1.85. The normalized spacial score (nSPS) is 11.8. The molecule has 3 heterocycles. The standard InChI is InChI=1S/C25H21N7O/c1-17(18-5-3-2-4-6-18)29-23-14-27-15-24(31-23)32-16-28-21-8-7-20(13-22(21)32)30-25(33)19-9-11-26-12-10-19/h2-17H,1H3,(H,29,31)(H,30,33)/t17-/m0/s1. The molecule has 0 radical (unpaired) electrons. The summed E-state index contributed by atoms with van der Waals surface area (Å²) in [5.41, 5.74) is 3.95. The van der Waals surface area contributed by atoms with Crippen LogP contribution in [0.5, 0.6) is 0 Å². The smallest absolute Gasteiger partial charge is 0.255 e. The highest BCUT2D eigenvalue weighted by Gasteiger charge is 2.12. The third kappa shape index (κ3) is 4.40. The van der Waals surface area contributed by atoms with Crippen LogP contribution in [0.3, 0.4) is 0 Å². The van der Waals surface area contributed by atoms with E-state index in [2.05, 4.69) is 44.6 Å². The van der Waals surface area contributed by atoms with Gasteiger partial charge < -0.3 is 10.6 Å². The number of pyridine rings is 1. The monoisotopic (exact) mass is 435 g/mol. The highest BCUT2D eigenvalue weighted by molar-refractivity contribution is 6.04. The average Bonchev–Trinajstić information content (AvgIpc) is 3.28. The molecule has 0 saturated carbocycles. The van der Waals surface area contributed by atoms with Crippen LogP contribution in [0.2, 0.25) is 0 Å². The van der Waals surface area contributed by atoms with Crippen LogP contribution in [-0.2, 0) is 0 Å². The number of imidazole rings is 1. The lowest BCUT2D eigenvalue weighted by atomic mass is 10.1. The van der Waals surface area contributed by atoms with Crippen LogP contribution in [0, 0.1) is 0 Å². The van der Waals surface area contributed by atoms with Crippen LogP contribution >= 0.6 is 0 Å². The number of amides is 1. The Morgan fingerprint density at radius 3 is 2.61 bits per heavy atom. The zero-order chi connectivity index (χ0) is 22.6. The van der Waals surface area contributed by atoms with Gasteiger partial charge >= 0.3 is 0 Å². The quantitative estimate of drug-likeness (QED) is 0.403. The summed E-state index contributed by atoms with van der Waals surface area (Å²) in [4.78, 5) is 30.0. The number of nitrogens with zero attached hydrogens (tertiary/aromatic N) is 5. The highest BCUT2D eigenvalue weighted by atomic mass is 16.1. The molecule has 8 nitrogen and oxygen atoms in total. The number of nitrogens with one attached hydrogen (secondary N) is 2. The zero-order valence-electron chi connectivity index (χ0n) is 17.9. The van der Waals surface area contributed by atoms with Crippen LogP contribution in [0.1, 0.15) is 28.9 Å². The second-order valence-electron chi connectivity index (χ2n) is 7.55. The Morgan fingerprint density at radius 2 is 1.79 bits per heavy atom. The maximum absolute atomic E-state index is 12.5. The number of hydrogen-bond acceptors (Lipinski definition) is 6. The van der Waals surface area contributed by atoms with E-state index >= 15 is 0 Å². The summed E-state index contributed by atoms with van der Waals surface area (Å²) in [5, 5.41) is 6.31. The molecule has 162 valence electrons. The number of aromatic nitrogens is 5. The fraction of sp³-hybridized carbons (Fsp3) is 0.0800. The molecule has 0 aliphatic rings. The predicted molar refractivity (Wildman–Crippen MR) is 127 cm³/mol. The van der Waals surface area contributed by atoms with Gasteiger partial charge in [-0.15, -0.1) is 0 Å². The van der Waals surface area contributed by atoms with E-state index in [1.54, 1.807) is 43.2 Å². The fourth-order valence-corrected chi connectivity index (χ4v) is 3.56. The van der Waals surface area contributed by atoms with Gasteiger partial charge in [0.2, 0.25) is 0 Å². The van der Waals surface area contributed by atoms with Crippen molar-refractivity contribution in [2.45, 2.75) is 13.0 Å². The molecule has 5 rings (SSSR count). The van der Waals surface area contributed by atoms with Gasteiger partial charge in [-0.2, -0.15) is 0 Å². The van der Waals surface area contributed by atoms with E-state index in [1.165, 1.54) is 0 Å². The molecule has 1 atom stereocenters. The van der Waals surface area contributed by atoms with E-state index in [4.69, 9.17) is 4.98 Å². The molecule has 2 aromatic carbocycles. The SMILES string of the molecule is C[C@H](Nc1cncc(-n2cnc3ccc(NC(=O)c4ccncc4)cc32)n1)c1ccccc1. The first-order chi connectivity index (χ1) is 16.2. The van der Waals surface area contributed by atoms with Crippen molar-refractivity contribution >= 4 is 28.4 Å². The summed E-state index contributed by atoms with van der Waals surface area (Å²) in [7, 11) is 0. The van der Waals surface area contributed by atoms with Crippen molar-refractivity contribution in [2.75, 3.05) is 10.6 Å². The van der Waals surface area contributed by atoms with Crippen molar-refractivity contribution in [1.29, 1.82) is 0 Å². The van der Waals surface area contributed by atoms with Crippen molar-refractivity contribution in [3.8, 4) is 5.82 Å². The molecule has 1 amide bonds. The van der Waals surface area contributed by atoms with Gasteiger partial charge in [0.25, 0.3) is 5.91 Å². The molecule has 0 saturated heterocycles. The third-order valence-corrected chi connectivity index (χ3v) is 5.28. The molecular weight excluding hydrogens is 414 g/mol. The molecule has 0 aliphatic carbocycles. The van der Waals surface area contributed by atoms with Crippen LogP contribution in [0.4, 0.5) is 11.5 Å².